The lowest BCUT2D eigenvalue weighted by molar-refractivity contribution is 0.273. The molecular formula is C16H19N3. The molecule has 0 unspecified atom stereocenters. The first-order chi connectivity index (χ1) is 9.28. The third-order valence-electron chi connectivity index (χ3n) is 5.08. The quantitative estimate of drug-likeness (QED) is 0.840. The summed E-state index contributed by atoms with van der Waals surface area (Å²) in [6.45, 7) is 3.02. The van der Waals surface area contributed by atoms with E-state index in [1.807, 2.05) is 0 Å². The highest BCUT2D eigenvalue weighted by Gasteiger charge is 2.59. The van der Waals surface area contributed by atoms with Crippen LogP contribution in [-0.4, -0.2) is 14.8 Å². The van der Waals surface area contributed by atoms with Crippen molar-refractivity contribution in [2.24, 2.45) is 5.41 Å². The van der Waals surface area contributed by atoms with Crippen molar-refractivity contribution in [3.8, 4) is 0 Å². The van der Waals surface area contributed by atoms with Gasteiger partial charge in [-0.05, 0) is 42.7 Å². The van der Waals surface area contributed by atoms with Gasteiger partial charge in [0.15, 0.2) is 0 Å². The predicted octanol–water partition coefficient (Wildman–Crippen LogP) is 3.29. The molecule has 0 amide bonds. The average Bonchev–Trinajstić information content (AvgIpc) is 2.99. The molecule has 0 aliphatic heterocycles. The Hall–Kier alpha value is -1.64. The van der Waals surface area contributed by atoms with E-state index in [1.165, 1.54) is 42.6 Å². The van der Waals surface area contributed by atoms with E-state index in [0.29, 0.717) is 11.3 Å². The summed E-state index contributed by atoms with van der Waals surface area (Å²) in [6, 6.07) is 8.54. The lowest BCUT2D eigenvalue weighted by Gasteiger charge is -2.26. The number of hydrogen-bond acceptors (Lipinski definition) is 2. The number of hydrogen-bond donors (Lipinski definition) is 0. The van der Waals surface area contributed by atoms with Gasteiger partial charge < -0.3 is 0 Å². The Morgan fingerprint density at radius 3 is 2.84 bits per heavy atom. The maximum Gasteiger partial charge on any atom is 0.138 e. The van der Waals surface area contributed by atoms with Gasteiger partial charge >= 0.3 is 0 Å². The van der Waals surface area contributed by atoms with Crippen LogP contribution in [0.4, 0.5) is 0 Å². The number of aryl methyl sites for hydroxylation is 1. The molecule has 0 saturated heterocycles. The molecule has 2 aliphatic rings. The Kier molecular flexibility index (Phi) is 2.32. The monoisotopic (exact) mass is 253 g/mol. The summed E-state index contributed by atoms with van der Waals surface area (Å²) < 4.78 is 2.11. The van der Waals surface area contributed by atoms with Gasteiger partial charge in [-0.1, -0.05) is 30.7 Å². The summed E-state index contributed by atoms with van der Waals surface area (Å²) in [4.78, 5) is 4.53. The second-order valence-electron chi connectivity index (χ2n) is 6.18. The van der Waals surface area contributed by atoms with Crippen molar-refractivity contribution in [1.29, 1.82) is 0 Å². The van der Waals surface area contributed by atoms with E-state index in [2.05, 4.69) is 46.0 Å². The molecule has 1 aromatic heterocycles. The van der Waals surface area contributed by atoms with Crippen LogP contribution in [0.15, 0.2) is 30.6 Å². The molecule has 2 aromatic rings. The largest absolute Gasteiger partial charge is 0.245 e. The molecule has 1 atom stereocenters. The number of rotatable bonds is 3. The lowest BCUT2D eigenvalue weighted by atomic mass is 9.79. The smallest absolute Gasteiger partial charge is 0.138 e. The first-order valence-electron chi connectivity index (χ1n) is 7.21. The van der Waals surface area contributed by atoms with E-state index >= 15 is 0 Å². The van der Waals surface area contributed by atoms with Gasteiger partial charge in [0, 0.05) is 5.92 Å². The molecule has 0 radical (unpaired) electrons. The molecule has 2 saturated carbocycles. The minimum Gasteiger partial charge on any atom is -0.245 e. The highest BCUT2D eigenvalue weighted by atomic mass is 15.3. The molecule has 2 fully saturated rings. The zero-order chi connectivity index (χ0) is 12.9. The van der Waals surface area contributed by atoms with Gasteiger partial charge in [-0.25, -0.2) is 9.67 Å². The zero-order valence-electron chi connectivity index (χ0n) is 11.3. The van der Waals surface area contributed by atoms with E-state index < -0.39 is 0 Å². The Labute approximate surface area is 113 Å². The van der Waals surface area contributed by atoms with Crippen LogP contribution >= 0.6 is 0 Å². The summed E-state index contributed by atoms with van der Waals surface area (Å²) in [7, 11) is 0. The van der Waals surface area contributed by atoms with E-state index in [9.17, 15) is 0 Å². The van der Waals surface area contributed by atoms with Gasteiger partial charge in [-0.3, -0.25) is 0 Å². The standard InChI is InChI=1S/C16H19N3/c1-12-5-2-3-6-13(12)10-19-15(17-11-18-19)14-9-16(14)7-4-8-16/h2-3,5-6,11,14H,4,7-10H2,1H3/t14-/m0/s1. The summed E-state index contributed by atoms with van der Waals surface area (Å²) in [6.07, 6.45) is 7.25. The Balaban J connectivity index is 1.60. The van der Waals surface area contributed by atoms with Crippen LogP contribution in [0.2, 0.25) is 0 Å². The molecule has 0 bridgehead atoms. The van der Waals surface area contributed by atoms with E-state index in [1.54, 1.807) is 6.33 Å². The SMILES string of the molecule is Cc1ccccc1Cn1ncnc1[C@@H]1CC12CCC2. The van der Waals surface area contributed by atoms with Crippen LogP contribution in [0.5, 0.6) is 0 Å². The second-order valence-corrected chi connectivity index (χ2v) is 6.18. The molecule has 0 N–H and O–H groups in total. The van der Waals surface area contributed by atoms with Gasteiger partial charge in [-0.2, -0.15) is 5.10 Å². The van der Waals surface area contributed by atoms with E-state index in [0.717, 1.165) is 6.54 Å². The topological polar surface area (TPSA) is 30.7 Å². The molecule has 1 aromatic carbocycles. The summed E-state index contributed by atoms with van der Waals surface area (Å²) >= 11 is 0. The van der Waals surface area contributed by atoms with Gasteiger partial charge in [0.25, 0.3) is 0 Å². The molecule has 1 heterocycles. The van der Waals surface area contributed by atoms with Crippen molar-refractivity contribution in [3.05, 3.63) is 47.5 Å². The molecule has 3 heteroatoms. The average molecular weight is 253 g/mol. The third kappa shape index (κ3) is 1.71. The molecule has 1 spiro atoms. The number of nitrogens with zero attached hydrogens (tertiary/aromatic N) is 3. The predicted molar refractivity (Wildman–Crippen MR) is 73.9 cm³/mol. The molecule has 3 nitrogen and oxygen atoms in total. The van der Waals surface area contributed by atoms with Gasteiger partial charge in [0.2, 0.25) is 0 Å². The minimum atomic E-state index is 0.622. The highest BCUT2D eigenvalue weighted by Crippen LogP contribution is 2.69. The highest BCUT2D eigenvalue weighted by molar-refractivity contribution is 5.27. The molecule has 98 valence electrons. The van der Waals surface area contributed by atoms with Crippen molar-refractivity contribution < 1.29 is 0 Å². The lowest BCUT2D eigenvalue weighted by Crippen LogP contribution is -2.16. The summed E-state index contributed by atoms with van der Waals surface area (Å²) in [5.41, 5.74) is 3.30. The second kappa shape index (κ2) is 3.92. The Bertz CT molecular complexity index is 610. The Morgan fingerprint density at radius 1 is 1.32 bits per heavy atom. The number of benzene rings is 1. The number of aromatic nitrogens is 3. The van der Waals surface area contributed by atoms with Crippen molar-refractivity contribution in [2.45, 2.75) is 45.1 Å². The zero-order valence-corrected chi connectivity index (χ0v) is 11.3. The molecule has 2 aliphatic carbocycles. The van der Waals surface area contributed by atoms with Gasteiger partial charge in [0.05, 0.1) is 6.54 Å². The normalized spacial score (nSPS) is 23.3. The van der Waals surface area contributed by atoms with Crippen LogP contribution in [0, 0.1) is 12.3 Å². The fourth-order valence-electron chi connectivity index (χ4n) is 3.51. The summed E-state index contributed by atoms with van der Waals surface area (Å²) in [5.74, 6) is 1.88. The van der Waals surface area contributed by atoms with Crippen molar-refractivity contribution in [3.63, 3.8) is 0 Å². The Morgan fingerprint density at radius 2 is 2.16 bits per heavy atom. The van der Waals surface area contributed by atoms with E-state index in [4.69, 9.17) is 0 Å². The minimum absolute atomic E-state index is 0.622. The van der Waals surface area contributed by atoms with Gasteiger partial charge in [-0.15, -0.1) is 0 Å². The fourth-order valence-corrected chi connectivity index (χ4v) is 3.51. The van der Waals surface area contributed by atoms with Crippen molar-refractivity contribution in [1.82, 2.24) is 14.8 Å². The van der Waals surface area contributed by atoms with Crippen molar-refractivity contribution >= 4 is 0 Å². The molecule has 19 heavy (non-hydrogen) atoms. The molecule has 4 rings (SSSR count). The van der Waals surface area contributed by atoms with Crippen LogP contribution in [0.3, 0.4) is 0 Å². The fraction of sp³-hybridized carbons (Fsp3) is 0.500. The van der Waals surface area contributed by atoms with E-state index in [-0.39, 0.29) is 0 Å². The molecular weight excluding hydrogens is 234 g/mol. The van der Waals surface area contributed by atoms with Crippen molar-refractivity contribution in [2.75, 3.05) is 0 Å². The van der Waals surface area contributed by atoms with Gasteiger partial charge in [0.1, 0.15) is 12.2 Å². The maximum atomic E-state index is 4.53. The summed E-state index contributed by atoms with van der Waals surface area (Å²) in [5, 5.41) is 4.44. The van der Waals surface area contributed by atoms with Crippen LogP contribution in [0.25, 0.3) is 0 Å². The first-order valence-corrected chi connectivity index (χ1v) is 7.21. The van der Waals surface area contributed by atoms with Crippen LogP contribution in [-0.2, 0) is 6.54 Å². The first kappa shape index (κ1) is 11.2. The van der Waals surface area contributed by atoms with Crippen LogP contribution in [0.1, 0.15) is 48.6 Å². The maximum absolute atomic E-state index is 4.53. The third-order valence-corrected chi connectivity index (χ3v) is 5.08. The van der Waals surface area contributed by atoms with Crippen LogP contribution < -0.4 is 0 Å².